The number of nitrogens with zero attached hydrogens (tertiary/aromatic N) is 4. The van der Waals surface area contributed by atoms with Gasteiger partial charge in [0.25, 0.3) is 5.56 Å². The van der Waals surface area contributed by atoms with Crippen LogP contribution in [-0.4, -0.2) is 19.8 Å². The Labute approximate surface area is 65.3 Å². The summed E-state index contributed by atoms with van der Waals surface area (Å²) in [5.41, 5.74) is 2.68. The van der Waals surface area contributed by atoms with Gasteiger partial charge >= 0.3 is 0 Å². The molecule has 0 bridgehead atoms. The highest BCUT2D eigenvalue weighted by molar-refractivity contribution is 7.14. The highest BCUT2D eigenvalue weighted by Crippen LogP contribution is 1.98. The molecule has 0 aromatic carbocycles. The number of rotatable bonds is 0. The molecule has 2 heterocycles. The van der Waals surface area contributed by atoms with E-state index in [-0.39, 0.29) is 5.56 Å². The van der Waals surface area contributed by atoms with E-state index in [4.69, 9.17) is 0 Å². The summed E-state index contributed by atoms with van der Waals surface area (Å²) < 4.78 is 1.19. The number of aryl methyl sites for hydroxylation is 1. The molecule has 0 unspecified atom stereocenters. The van der Waals surface area contributed by atoms with Crippen molar-refractivity contribution in [1.82, 2.24) is 19.8 Å². The molecule has 11 heavy (non-hydrogen) atoms. The lowest BCUT2D eigenvalue weighted by atomic mass is 10.5. The van der Waals surface area contributed by atoms with E-state index in [1.54, 1.807) is 6.92 Å². The minimum Gasteiger partial charge on any atom is -0.265 e. The Balaban J connectivity index is 3.05. The van der Waals surface area contributed by atoms with E-state index < -0.39 is 0 Å². The van der Waals surface area contributed by atoms with E-state index in [1.165, 1.54) is 4.52 Å². The van der Waals surface area contributed by atoms with Gasteiger partial charge in [0.15, 0.2) is 5.51 Å². The average Bonchev–Trinajstić information content (AvgIpc) is 2.45. The summed E-state index contributed by atoms with van der Waals surface area (Å²) in [6.45, 7) is 1.60. The average molecular weight is 167 g/mol. The predicted molar refractivity (Wildman–Crippen MR) is 38.5 cm³/mol. The maximum atomic E-state index is 11.2. The Bertz CT molecular complexity index is 445. The third-order valence-corrected chi connectivity index (χ3v) is 1.86. The van der Waals surface area contributed by atoms with E-state index in [1.807, 2.05) is 0 Å². The zero-order chi connectivity index (χ0) is 7.84. The monoisotopic (exact) mass is 167 g/mol. The highest BCUT2D eigenvalue weighted by Gasteiger charge is 2.02. The smallest absolute Gasteiger partial charge is 0.265 e. The predicted octanol–water partition coefficient (Wildman–Crippen LogP) is -0.345. The first-order chi connectivity index (χ1) is 5.29. The summed E-state index contributed by atoms with van der Waals surface area (Å²) in [4.78, 5) is 11.6. The van der Waals surface area contributed by atoms with Gasteiger partial charge in [-0.1, -0.05) is 11.3 Å². The number of hydrogen-bond donors (Lipinski definition) is 0. The molecule has 2 rings (SSSR count). The van der Waals surface area contributed by atoms with Gasteiger partial charge in [-0.05, 0) is 6.92 Å². The van der Waals surface area contributed by atoms with E-state index in [9.17, 15) is 4.79 Å². The molecule has 0 atom stereocenters. The van der Waals surface area contributed by atoms with Gasteiger partial charge in [0.2, 0.25) is 4.96 Å². The Morgan fingerprint density at radius 3 is 3.18 bits per heavy atom. The Hall–Kier alpha value is -1.30. The highest BCUT2D eigenvalue weighted by atomic mass is 32.1. The maximum Gasteiger partial charge on any atom is 0.296 e. The molecule has 1 radical (unpaired) electrons. The van der Waals surface area contributed by atoms with Crippen molar-refractivity contribution in [3.05, 3.63) is 21.6 Å². The van der Waals surface area contributed by atoms with Crippen molar-refractivity contribution in [2.45, 2.75) is 6.92 Å². The number of hydrogen-bond acceptors (Lipinski definition) is 5. The number of aromatic nitrogens is 4. The minimum absolute atomic E-state index is 0.229. The van der Waals surface area contributed by atoms with Crippen molar-refractivity contribution >= 4 is 16.3 Å². The van der Waals surface area contributed by atoms with Crippen LogP contribution in [0.25, 0.3) is 4.96 Å². The molecule has 6 heteroatoms. The second kappa shape index (κ2) is 2.09. The van der Waals surface area contributed by atoms with Crippen LogP contribution in [0, 0.1) is 12.4 Å². The fourth-order valence-corrected chi connectivity index (χ4v) is 1.19. The fourth-order valence-electron chi connectivity index (χ4n) is 0.697. The number of fused-ring (bicyclic) bond motifs is 1. The van der Waals surface area contributed by atoms with E-state index >= 15 is 0 Å². The molecule has 0 fully saturated rings. The van der Waals surface area contributed by atoms with Crippen LogP contribution in [-0.2, 0) is 0 Å². The van der Waals surface area contributed by atoms with Gasteiger partial charge in [0.05, 0.1) is 0 Å². The van der Waals surface area contributed by atoms with Crippen LogP contribution in [0.4, 0.5) is 0 Å². The van der Waals surface area contributed by atoms with Crippen molar-refractivity contribution in [2.75, 3.05) is 0 Å². The molecule has 0 aliphatic heterocycles. The summed E-state index contributed by atoms with van der Waals surface area (Å²) in [7, 11) is 0. The second-order valence-electron chi connectivity index (χ2n) is 1.98. The molecule has 0 spiro atoms. The Morgan fingerprint density at radius 1 is 1.55 bits per heavy atom. The molecular weight excluding hydrogens is 164 g/mol. The van der Waals surface area contributed by atoms with Gasteiger partial charge < -0.3 is 0 Å². The molecule has 0 amide bonds. The molecule has 0 saturated carbocycles. The molecule has 55 valence electrons. The van der Waals surface area contributed by atoms with Crippen LogP contribution in [0.1, 0.15) is 5.69 Å². The first-order valence-electron chi connectivity index (χ1n) is 2.88. The topological polar surface area (TPSA) is 60.1 Å². The van der Waals surface area contributed by atoms with E-state index in [0.29, 0.717) is 10.7 Å². The lowest BCUT2D eigenvalue weighted by molar-refractivity contribution is 0.825. The standard InChI is InChI=1S/C5H3N4OS/c1-3-4(10)9-5(8-7-3)11-2-6-9/h1H3. The second-order valence-corrected chi connectivity index (χ2v) is 2.73. The lowest BCUT2D eigenvalue weighted by Gasteiger charge is -1.88. The molecule has 2 aromatic heterocycles. The van der Waals surface area contributed by atoms with Gasteiger partial charge in [-0.2, -0.15) is 4.52 Å². The molecule has 2 aromatic rings. The first-order valence-corrected chi connectivity index (χ1v) is 3.70. The van der Waals surface area contributed by atoms with Crippen LogP contribution < -0.4 is 5.56 Å². The minimum atomic E-state index is -0.229. The van der Waals surface area contributed by atoms with Crippen molar-refractivity contribution < 1.29 is 0 Å². The van der Waals surface area contributed by atoms with Crippen LogP contribution in [0.15, 0.2) is 4.79 Å². The first kappa shape index (κ1) is 6.41. The molecule has 0 N–H and O–H groups in total. The maximum absolute atomic E-state index is 11.2. The van der Waals surface area contributed by atoms with Crippen molar-refractivity contribution in [3.8, 4) is 0 Å². The van der Waals surface area contributed by atoms with Crippen LogP contribution >= 0.6 is 11.3 Å². The lowest BCUT2D eigenvalue weighted by Crippen LogP contribution is -2.18. The Kier molecular flexibility index (Phi) is 1.22. The molecule has 5 nitrogen and oxygen atoms in total. The largest absolute Gasteiger partial charge is 0.296 e. The van der Waals surface area contributed by atoms with Crippen molar-refractivity contribution in [1.29, 1.82) is 0 Å². The van der Waals surface area contributed by atoms with Gasteiger partial charge in [0, 0.05) is 0 Å². The van der Waals surface area contributed by atoms with Crippen LogP contribution in [0.5, 0.6) is 0 Å². The molecule has 0 aliphatic rings. The molecule has 0 aliphatic carbocycles. The molecular formula is C5H3N4OS. The third kappa shape index (κ3) is 0.829. The zero-order valence-corrected chi connectivity index (χ0v) is 6.42. The normalized spacial score (nSPS) is 10.6. The Morgan fingerprint density at radius 2 is 2.36 bits per heavy atom. The van der Waals surface area contributed by atoms with Crippen LogP contribution in [0.2, 0.25) is 0 Å². The molecule has 0 saturated heterocycles. The van der Waals surface area contributed by atoms with Crippen molar-refractivity contribution in [2.24, 2.45) is 0 Å². The summed E-state index contributed by atoms with van der Waals surface area (Å²) >= 11 is 1.16. The SMILES string of the molecule is Cc1nnc2s[c]nn2c1=O. The van der Waals surface area contributed by atoms with Crippen LogP contribution in [0.3, 0.4) is 0 Å². The zero-order valence-electron chi connectivity index (χ0n) is 5.61. The summed E-state index contributed by atoms with van der Waals surface area (Å²) in [5.74, 6) is 0. The third-order valence-electron chi connectivity index (χ3n) is 1.25. The fraction of sp³-hybridized carbons (Fsp3) is 0.200. The summed E-state index contributed by atoms with van der Waals surface area (Å²) in [6, 6.07) is 0. The van der Waals surface area contributed by atoms with E-state index in [2.05, 4.69) is 20.8 Å². The van der Waals surface area contributed by atoms with Gasteiger partial charge in [0.1, 0.15) is 5.69 Å². The summed E-state index contributed by atoms with van der Waals surface area (Å²) in [6.07, 6.45) is 0. The van der Waals surface area contributed by atoms with Gasteiger partial charge in [-0.3, -0.25) is 4.79 Å². The summed E-state index contributed by atoms with van der Waals surface area (Å²) in [5, 5.41) is 11.1. The van der Waals surface area contributed by atoms with E-state index in [0.717, 1.165) is 11.3 Å². The van der Waals surface area contributed by atoms with Gasteiger partial charge in [-0.25, -0.2) is 0 Å². The van der Waals surface area contributed by atoms with Crippen molar-refractivity contribution in [3.63, 3.8) is 0 Å². The van der Waals surface area contributed by atoms with Gasteiger partial charge in [-0.15, -0.1) is 15.3 Å². The quantitative estimate of drug-likeness (QED) is 0.538.